The Hall–Kier alpha value is -1.16. The van der Waals surface area contributed by atoms with Gasteiger partial charge in [0.1, 0.15) is 0 Å². The van der Waals surface area contributed by atoms with Gasteiger partial charge >= 0.3 is 0 Å². The van der Waals surface area contributed by atoms with Crippen LogP contribution in [0.3, 0.4) is 0 Å². The lowest BCUT2D eigenvalue weighted by molar-refractivity contribution is -0.386. The maximum atomic E-state index is 10.7. The highest BCUT2D eigenvalue weighted by molar-refractivity contribution is 14.1. The summed E-state index contributed by atoms with van der Waals surface area (Å²) >= 11 is 2.08. The zero-order valence-electron chi connectivity index (χ0n) is 7.45. The third-order valence-corrected chi connectivity index (χ3v) is 2.42. The molecule has 14 heavy (non-hydrogen) atoms. The SMILES string of the molecule is Cc1cc(I)cc(CC#N)c1[N+](=O)[O-]. The van der Waals surface area contributed by atoms with Gasteiger partial charge in [-0.2, -0.15) is 5.26 Å². The van der Waals surface area contributed by atoms with E-state index < -0.39 is 4.92 Å². The topological polar surface area (TPSA) is 66.9 Å². The molecular weight excluding hydrogens is 295 g/mol. The van der Waals surface area contributed by atoms with Crippen molar-refractivity contribution in [2.24, 2.45) is 0 Å². The third-order valence-electron chi connectivity index (χ3n) is 1.80. The van der Waals surface area contributed by atoms with Crippen LogP contribution in [0.4, 0.5) is 5.69 Å². The number of nitro benzene ring substituents is 1. The molecule has 0 saturated carbocycles. The fourth-order valence-electron chi connectivity index (χ4n) is 1.29. The highest BCUT2D eigenvalue weighted by Crippen LogP contribution is 2.26. The second-order valence-electron chi connectivity index (χ2n) is 2.82. The predicted molar refractivity (Wildman–Crippen MR) is 59.9 cm³/mol. The number of benzene rings is 1. The summed E-state index contributed by atoms with van der Waals surface area (Å²) in [6.45, 7) is 1.68. The Labute approximate surface area is 94.8 Å². The van der Waals surface area contributed by atoms with Crippen LogP contribution in [-0.2, 0) is 6.42 Å². The van der Waals surface area contributed by atoms with Crippen molar-refractivity contribution < 1.29 is 4.92 Å². The van der Waals surface area contributed by atoms with E-state index in [0.29, 0.717) is 11.1 Å². The largest absolute Gasteiger partial charge is 0.276 e. The van der Waals surface area contributed by atoms with Gasteiger partial charge in [-0.25, -0.2) is 0 Å². The fourth-order valence-corrected chi connectivity index (χ4v) is 2.13. The van der Waals surface area contributed by atoms with Crippen LogP contribution in [0, 0.1) is 31.9 Å². The van der Waals surface area contributed by atoms with Crippen molar-refractivity contribution in [1.82, 2.24) is 0 Å². The number of nitro groups is 1. The van der Waals surface area contributed by atoms with Crippen LogP contribution < -0.4 is 0 Å². The summed E-state index contributed by atoms with van der Waals surface area (Å²) in [4.78, 5) is 10.3. The third kappa shape index (κ3) is 2.20. The van der Waals surface area contributed by atoms with E-state index in [0.717, 1.165) is 3.57 Å². The lowest BCUT2D eigenvalue weighted by Gasteiger charge is -2.02. The molecule has 4 nitrogen and oxygen atoms in total. The number of aryl methyl sites for hydroxylation is 1. The Morgan fingerprint density at radius 3 is 2.79 bits per heavy atom. The Balaban J connectivity index is 3.38. The first kappa shape index (κ1) is 10.9. The normalized spacial score (nSPS) is 9.50. The zero-order valence-corrected chi connectivity index (χ0v) is 9.61. The molecule has 1 rings (SSSR count). The van der Waals surface area contributed by atoms with E-state index >= 15 is 0 Å². The monoisotopic (exact) mass is 302 g/mol. The Bertz CT molecular complexity index is 424. The smallest absolute Gasteiger partial charge is 0.258 e. The molecule has 0 saturated heterocycles. The lowest BCUT2D eigenvalue weighted by Crippen LogP contribution is -1.98. The molecule has 0 bridgehead atoms. The molecule has 0 aliphatic carbocycles. The minimum atomic E-state index is -0.432. The first-order valence-electron chi connectivity index (χ1n) is 3.86. The first-order valence-corrected chi connectivity index (χ1v) is 4.94. The minimum Gasteiger partial charge on any atom is -0.258 e. The minimum absolute atomic E-state index is 0.0620. The molecule has 0 fully saturated rings. The van der Waals surface area contributed by atoms with Gasteiger partial charge in [-0.15, -0.1) is 0 Å². The number of hydrogen-bond donors (Lipinski definition) is 0. The summed E-state index contributed by atoms with van der Waals surface area (Å²) in [5, 5.41) is 19.3. The number of nitriles is 1. The molecule has 5 heteroatoms. The summed E-state index contributed by atoms with van der Waals surface area (Å²) < 4.78 is 0.913. The van der Waals surface area contributed by atoms with E-state index in [2.05, 4.69) is 22.6 Å². The van der Waals surface area contributed by atoms with Gasteiger partial charge in [0.15, 0.2) is 0 Å². The van der Waals surface area contributed by atoms with Crippen LogP contribution in [0.5, 0.6) is 0 Å². The van der Waals surface area contributed by atoms with Crippen molar-refractivity contribution >= 4 is 28.3 Å². The summed E-state index contributed by atoms with van der Waals surface area (Å²) in [5.74, 6) is 0. The second-order valence-corrected chi connectivity index (χ2v) is 4.07. The number of nitrogens with zero attached hydrogens (tertiary/aromatic N) is 2. The standard InChI is InChI=1S/C9H7IN2O2/c1-6-4-8(10)5-7(2-3-11)9(6)12(13)14/h4-5H,2H2,1H3. The van der Waals surface area contributed by atoms with Crippen LogP contribution in [0.1, 0.15) is 11.1 Å². The van der Waals surface area contributed by atoms with Crippen LogP contribution in [0.2, 0.25) is 0 Å². The average Bonchev–Trinajstić information content (AvgIpc) is 2.01. The Morgan fingerprint density at radius 2 is 2.29 bits per heavy atom. The molecular formula is C9H7IN2O2. The molecule has 0 unspecified atom stereocenters. The molecule has 72 valence electrons. The lowest BCUT2D eigenvalue weighted by atomic mass is 10.1. The molecule has 0 amide bonds. The fraction of sp³-hybridized carbons (Fsp3) is 0.222. The summed E-state index contributed by atoms with van der Waals surface area (Å²) in [6.07, 6.45) is 0.0774. The van der Waals surface area contributed by atoms with Gasteiger partial charge in [-0.05, 0) is 41.6 Å². The highest BCUT2D eigenvalue weighted by atomic mass is 127. The molecule has 0 N–H and O–H groups in total. The maximum Gasteiger partial charge on any atom is 0.276 e. The van der Waals surface area contributed by atoms with Crippen molar-refractivity contribution in [2.45, 2.75) is 13.3 Å². The van der Waals surface area contributed by atoms with E-state index in [4.69, 9.17) is 5.26 Å². The van der Waals surface area contributed by atoms with E-state index in [-0.39, 0.29) is 12.1 Å². The predicted octanol–water partition coefficient (Wildman–Crippen LogP) is 2.57. The van der Waals surface area contributed by atoms with Gasteiger partial charge in [0.25, 0.3) is 5.69 Å². The number of rotatable bonds is 2. The van der Waals surface area contributed by atoms with Gasteiger partial charge in [-0.3, -0.25) is 10.1 Å². The second kappa shape index (κ2) is 4.37. The van der Waals surface area contributed by atoms with Crippen molar-refractivity contribution in [3.63, 3.8) is 0 Å². The van der Waals surface area contributed by atoms with Crippen LogP contribution in [0.15, 0.2) is 12.1 Å². The molecule has 0 radical (unpaired) electrons. The van der Waals surface area contributed by atoms with Gasteiger partial charge in [-0.1, -0.05) is 0 Å². The summed E-state index contributed by atoms with van der Waals surface area (Å²) in [5.41, 5.74) is 1.15. The quantitative estimate of drug-likeness (QED) is 0.479. The van der Waals surface area contributed by atoms with Crippen molar-refractivity contribution in [3.05, 3.63) is 36.9 Å². The van der Waals surface area contributed by atoms with Gasteiger partial charge < -0.3 is 0 Å². The van der Waals surface area contributed by atoms with Gasteiger partial charge in [0, 0.05) is 14.7 Å². The number of hydrogen-bond acceptors (Lipinski definition) is 3. The molecule has 1 aromatic rings. The number of halogens is 1. The van der Waals surface area contributed by atoms with Crippen LogP contribution >= 0.6 is 22.6 Å². The van der Waals surface area contributed by atoms with E-state index in [1.54, 1.807) is 19.1 Å². The molecule has 0 aromatic heterocycles. The maximum absolute atomic E-state index is 10.7. The summed E-state index contributed by atoms with van der Waals surface area (Å²) in [6, 6.07) is 5.34. The molecule has 0 aliphatic heterocycles. The van der Waals surface area contributed by atoms with Crippen molar-refractivity contribution in [1.29, 1.82) is 5.26 Å². The highest BCUT2D eigenvalue weighted by Gasteiger charge is 2.17. The van der Waals surface area contributed by atoms with E-state index in [1.807, 2.05) is 6.07 Å². The van der Waals surface area contributed by atoms with Crippen LogP contribution in [0.25, 0.3) is 0 Å². The molecule has 0 atom stereocenters. The summed E-state index contributed by atoms with van der Waals surface area (Å²) in [7, 11) is 0. The average molecular weight is 302 g/mol. The van der Waals surface area contributed by atoms with Gasteiger partial charge in [0.2, 0.25) is 0 Å². The van der Waals surface area contributed by atoms with Gasteiger partial charge in [0.05, 0.1) is 17.4 Å². The van der Waals surface area contributed by atoms with Crippen molar-refractivity contribution in [3.8, 4) is 6.07 Å². The van der Waals surface area contributed by atoms with Crippen LogP contribution in [-0.4, -0.2) is 4.92 Å². The van der Waals surface area contributed by atoms with E-state index in [1.165, 1.54) is 0 Å². The molecule has 0 aliphatic rings. The van der Waals surface area contributed by atoms with Crippen molar-refractivity contribution in [2.75, 3.05) is 0 Å². The zero-order chi connectivity index (χ0) is 10.7. The Morgan fingerprint density at radius 1 is 1.64 bits per heavy atom. The molecule has 0 heterocycles. The Kier molecular flexibility index (Phi) is 3.41. The van der Waals surface area contributed by atoms with E-state index in [9.17, 15) is 10.1 Å². The molecule has 0 spiro atoms. The first-order chi connectivity index (χ1) is 6.56. The molecule has 1 aromatic carbocycles.